The first-order valence-electron chi connectivity index (χ1n) is 6.19. The van der Waals surface area contributed by atoms with E-state index in [4.69, 9.17) is 4.74 Å². The summed E-state index contributed by atoms with van der Waals surface area (Å²) in [5.41, 5.74) is 0.736. The largest absolute Gasteiger partial charge is 0.386 e. The second kappa shape index (κ2) is 6.38. The van der Waals surface area contributed by atoms with E-state index in [1.54, 1.807) is 0 Å². The highest BCUT2D eigenvalue weighted by Gasteiger charge is 2.31. The lowest BCUT2D eigenvalue weighted by Gasteiger charge is -2.23. The molecule has 0 bridgehead atoms. The molecule has 1 heterocycles. The van der Waals surface area contributed by atoms with Crippen molar-refractivity contribution in [1.82, 2.24) is 5.32 Å². The van der Waals surface area contributed by atoms with Crippen LogP contribution in [0.15, 0.2) is 11.6 Å². The first kappa shape index (κ1) is 13.7. The van der Waals surface area contributed by atoms with Gasteiger partial charge in [0.2, 0.25) is 0 Å². The van der Waals surface area contributed by atoms with E-state index in [1.165, 1.54) is 5.57 Å². The standard InChI is InChI=1S/C13H25NO2/c1-11(2)5-4-6-12(3)14-9-13(15)7-8-16-10-13/h5,12,14-15H,4,6-10H2,1-3H3. The van der Waals surface area contributed by atoms with Crippen molar-refractivity contribution >= 4 is 0 Å². The summed E-state index contributed by atoms with van der Waals surface area (Å²) < 4.78 is 5.21. The maximum atomic E-state index is 10.1. The molecule has 0 aromatic heterocycles. The molecule has 0 saturated carbocycles. The van der Waals surface area contributed by atoms with E-state index in [9.17, 15) is 5.11 Å². The van der Waals surface area contributed by atoms with Gasteiger partial charge in [-0.2, -0.15) is 0 Å². The summed E-state index contributed by atoms with van der Waals surface area (Å²) in [6.45, 7) is 8.21. The molecule has 0 amide bonds. The SMILES string of the molecule is CC(C)=CCCC(C)NCC1(O)CCOC1. The van der Waals surface area contributed by atoms with Gasteiger partial charge in [-0.15, -0.1) is 0 Å². The molecule has 94 valence electrons. The van der Waals surface area contributed by atoms with Crippen molar-refractivity contribution in [3.8, 4) is 0 Å². The predicted octanol–water partition coefficient (Wildman–Crippen LogP) is 1.86. The summed E-state index contributed by atoms with van der Waals surface area (Å²) in [7, 11) is 0. The van der Waals surface area contributed by atoms with Crippen LogP contribution in [0.4, 0.5) is 0 Å². The monoisotopic (exact) mass is 227 g/mol. The van der Waals surface area contributed by atoms with Gasteiger partial charge < -0.3 is 15.2 Å². The van der Waals surface area contributed by atoms with Crippen LogP contribution in [0.1, 0.15) is 40.0 Å². The summed E-state index contributed by atoms with van der Waals surface area (Å²) in [4.78, 5) is 0. The van der Waals surface area contributed by atoms with Gasteiger partial charge in [-0.1, -0.05) is 11.6 Å². The average Bonchev–Trinajstić information content (AvgIpc) is 2.62. The molecule has 3 heteroatoms. The van der Waals surface area contributed by atoms with Crippen molar-refractivity contribution in [2.24, 2.45) is 0 Å². The molecule has 1 rings (SSSR count). The van der Waals surface area contributed by atoms with Crippen molar-refractivity contribution in [1.29, 1.82) is 0 Å². The molecule has 0 aromatic carbocycles. The molecule has 1 aliphatic rings. The molecular formula is C13H25NO2. The van der Waals surface area contributed by atoms with Crippen LogP contribution in [0.25, 0.3) is 0 Å². The lowest BCUT2D eigenvalue weighted by atomic mass is 10.0. The Labute approximate surface area is 98.9 Å². The molecule has 1 fully saturated rings. The molecule has 1 saturated heterocycles. The van der Waals surface area contributed by atoms with Crippen LogP contribution in [0.5, 0.6) is 0 Å². The van der Waals surface area contributed by atoms with Crippen molar-refractivity contribution in [3.05, 3.63) is 11.6 Å². The molecule has 2 unspecified atom stereocenters. The van der Waals surface area contributed by atoms with Gasteiger partial charge in [-0.25, -0.2) is 0 Å². The fourth-order valence-corrected chi connectivity index (χ4v) is 1.82. The third kappa shape index (κ3) is 5.10. The zero-order chi connectivity index (χ0) is 12.0. The van der Waals surface area contributed by atoms with Crippen LogP contribution in [0, 0.1) is 0 Å². The molecule has 1 aliphatic heterocycles. The van der Waals surface area contributed by atoms with Crippen LogP contribution in [-0.4, -0.2) is 36.5 Å². The van der Waals surface area contributed by atoms with Gasteiger partial charge in [0.15, 0.2) is 0 Å². The van der Waals surface area contributed by atoms with Gasteiger partial charge in [0.25, 0.3) is 0 Å². The Kier molecular flexibility index (Phi) is 5.46. The maximum absolute atomic E-state index is 10.1. The Hall–Kier alpha value is -0.380. The minimum Gasteiger partial charge on any atom is -0.386 e. The number of hydrogen-bond acceptors (Lipinski definition) is 3. The van der Waals surface area contributed by atoms with Crippen molar-refractivity contribution < 1.29 is 9.84 Å². The summed E-state index contributed by atoms with van der Waals surface area (Å²) in [5.74, 6) is 0. The van der Waals surface area contributed by atoms with E-state index in [2.05, 4.69) is 32.2 Å². The normalized spacial score (nSPS) is 26.8. The summed E-state index contributed by atoms with van der Waals surface area (Å²) >= 11 is 0. The third-order valence-electron chi connectivity index (χ3n) is 3.01. The number of ether oxygens (including phenoxy) is 1. The van der Waals surface area contributed by atoms with Crippen LogP contribution >= 0.6 is 0 Å². The van der Waals surface area contributed by atoms with Crippen LogP contribution < -0.4 is 5.32 Å². The zero-order valence-electron chi connectivity index (χ0n) is 10.8. The van der Waals surface area contributed by atoms with Gasteiger partial charge in [-0.3, -0.25) is 0 Å². The van der Waals surface area contributed by atoms with E-state index in [0.717, 1.165) is 19.3 Å². The van der Waals surface area contributed by atoms with Gasteiger partial charge >= 0.3 is 0 Å². The number of hydrogen-bond donors (Lipinski definition) is 2. The summed E-state index contributed by atoms with van der Waals surface area (Å²) in [5, 5.41) is 13.4. The Morgan fingerprint density at radius 1 is 1.56 bits per heavy atom. The summed E-state index contributed by atoms with van der Waals surface area (Å²) in [6, 6.07) is 0.445. The van der Waals surface area contributed by atoms with E-state index in [1.807, 2.05) is 0 Å². The molecule has 0 aliphatic carbocycles. The lowest BCUT2D eigenvalue weighted by Crippen LogP contribution is -2.44. The highest BCUT2D eigenvalue weighted by atomic mass is 16.5. The van der Waals surface area contributed by atoms with Crippen LogP contribution in [0.2, 0.25) is 0 Å². The lowest BCUT2D eigenvalue weighted by molar-refractivity contribution is 0.0250. The van der Waals surface area contributed by atoms with E-state index >= 15 is 0 Å². The first-order chi connectivity index (χ1) is 7.52. The first-order valence-corrected chi connectivity index (χ1v) is 6.19. The molecule has 0 spiro atoms. The van der Waals surface area contributed by atoms with Gasteiger partial charge in [0.1, 0.15) is 5.60 Å². The minimum atomic E-state index is -0.634. The molecule has 0 radical (unpaired) electrons. The smallest absolute Gasteiger partial charge is 0.102 e. The third-order valence-corrected chi connectivity index (χ3v) is 3.01. The molecule has 16 heavy (non-hydrogen) atoms. The topological polar surface area (TPSA) is 41.5 Å². The van der Waals surface area contributed by atoms with E-state index in [0.29, 0.717) is 25.8 Å². The van der Waals surface area contributed by atoms with Gasteiger partial charge in [-0.05, 0) is 33.6 Å². The van der Waals surface area contributed by atoms with Crippen LogP contribution in [-0.2, 0) is 4.74 Å². The number of aliphatic hydroxyl groups is 1. The predicted molar refractivity (Wildman–Crippen MR) is 66.5 cm³/mol. The zero-order valence-corrected chi connectivity index (χ0v) is 10.8. The van der Waals surface area contributed by atoms with Gasteiger partial charge in [0.05, 0.1) is 6.61 Å². The number of rotatable bonds is 6. The Morgan fingerprint density at radius 2 is 2.31 bits per heavy atom. The minimum absolute atomic E-state index is 0.445. The molecular weight excluding hydrogens is 202 g/mol. The van der Waals surface area contributed by atoms with E-state index < -0.39 is 5.60 Å². The Bertz CT molecular complexity index is 228. The molecule has 2 N–H and O–H groups in total. The van der Waals surface area contributed by atoms with Crippen LogP contribution in [0.3, 0.4) is 0 Å². The van der Waals surface area contributed by atoms with Crippen molar-refractivity contribution in [2.45, 2.75) is 51.7 Å². The number of allylic oxidation sites excluding steroid dienone is 2. The fourth-order valence-electron chi connectivity index (χ4n) is 1.82. The number of nitrogens with one attached hydrogen (secondary N) is 1. The average molecular weight is 227 g/mol. The van der Waals surface area contributed by atoms with Crippen molar-refractivity contribution in [2.75, 3.05) is 19.8 Å². The van der Waals surface area contributed by atoms with Gasteiger partial charge in [0, 0.05) is 25.6 Å². The molecule has 0 aromatic rings. The quantitative estimate of drug-likeness (QED) is 0.681. The van der Waals surface area contributed by atoms with E-state index in [-0.39, 0.29) is 0 Å². The maximum Gasteiger partial charge on any atom is 0.102 e. The molecule has 2 atom stereocenters. The fraction of sp³-hybridized carbons (Fsp3) is 0.846. The highest BCUT2D eigenvalue weighted by Crippen LogP contribution is 2.17. The Balaban J connectivity index is 2.14. The molecule has 3 nitrogen and oxygen atoms in total. The summed E-state index contributed by atoms with van der Waals surface area (Å²) in [6.07, 6.45) is 5.22. The Morgan fingerprint density at radius 3 is 2.88 bits per heavy atom. The second-order valence-corrected chi connectivity index (χ2v) is 5.17. The highest BCUT2D eigenvalue weighted by molar-refractivity contribution is 4.93. The van der Waals surface area contributed by atoms with Crippen molar-refractivity contribution in [3.63, 3.8) is 0 Å². The second-order valence-electron chi connectivity index (χ2n) is 5.17.